The van der Waals surface area contributed by atoms with E-state index in [2.05, 4.69) is 15.3 Å². The minimum Gasteiger partial charge on any atom is -0.376 e. The van der Waals surface area contributed by atoms with Crippen molar-refractivity contribution >= 4 is 17.1 Å². The fraction of sp³-hybridized carbons (Fsp3) is 0.261. The smallest absolute Gasteiger partial charge is 0.276 e. The molecule has 1 unspecified atom stereocenters. The molecule has 1 fully saturated rings. The second-order valence-electron chi connectivity index (χ2n) is 7.65. The topological polar surface area (TPSA) is 73.5 Å². The normalized spacial score (nSPS) is 16.2. The first-order valence-corrected chi connectivity index (χ1v) is 10.2. The van der Waals surface area contributed by atoms with Gasteiger partial charge >= 0.3 is 0 Å². The SMILES string of the molecule is Cc1cccc(NC(=O)c2nc(-c3cn(CC4CCCO4)cn3)n3ccccc23)c1. The number of nitrogens with one attached hydrogen (secondary N) is 1. The Morgan fingerprint density at radius 2 is 2.20 bits per heavy atom. The summed E-state index contributed by atoms with van der Waals surface area (Å²) in [5, 5.41) is 2.95. The van der Waals surface area contributed by atoms with Crippen LogP contribution >= 0.6 is 0 Å². The molecule has 7 nitrogen and oxygen atoms in total. The molecule has 152 valence electrons. The van der Waals surface area contributed by atoms with E-state index in [0.29, 0.717) is 11.5 Å². The van der Waals surface area contributed by atoms with Crippen LogP contribution in [-0.4, -0.2) is 37.6 Å². The predicted molar refractivity (Wildman–Crippen MR) is 115 cm³/mol. The Hall–Kier alpha value is -3.45. The maximum absolute atomic E-state index is 13.0. The summed E-state index contributed by atoms with van der Waals surface area (Å²) in [6.45, 7) is 3.60. The second kappa shape index (κ2) is 7.76. The molecule has 1 saturated heterocycles. The van der Waals surface area contributed by atoms with Crippen molar-refractivity contribution in [1.82, 2.24) is 18.9 Å². The molecular weight excluding hydrogens is 378 g/mol. The number of carbonyl (C=O) groups excluding carboxylic acids is 1. The summed E-state index contributed by atoms with van der Waals surface area (Å²) in [5.41, 5.74) is 3.68. The Bertz CT molecular complexity index is 1200. The molecule has 0 saturated carbocycles. The predicted octanol–water partition coefficient (Wildman–Crippen LogP) is 3.94. The van der Waals surface area contributed by atoms with Gasteiger partial charge in [-0.05, 0) is 49.6 Å². The maximum Gasteiger partial charge on any atom is 0.276 e. The zero-order valence-electron chi connectivity index (χ0n) is 16.8. The van der Waals surface area contributed by atoms with Crippen molar-refractivity contribution in [3.8, 4) is 11.5 Å². The molecule has 0 spiro atoms. The molecule has 3 aromatic heterocycles. The molecule has 1 amide bonds. The molecule has 0 radical (unpaired) electrons. The summed E-state index contributed by atoms with van der Waals surface area (Å²) in [6, 6.07) is 13.4. The van der Waals surface area contributed by atoms with Crippen molar-refractivity contribution in [3.63, 3.8) is 0 Å². The standard InChI is InChI=1S/C23H23N5O2/c1-16-6-4-7-17(12-16)25-23(29)21-20-9-2-3-10-28(20)22(26-21)19-14-27(15-24-19)13-18-8-5-11-30-18/h2-4,6-7,9-10,12,14-15,18H,5,8,11,13H2,1H3,(H,25,29). The van der Waals surface area contributed by atoms with Crippen molar-refractivity contribution in [1.29, 1.82) is 0 Å². The Morgan fingerprint density at radius 1 is 1.27 bits per heavy atom. The number of aryl methyl sites for hydroxylation is 1. The second-order valence-corrected chi connectivity index (χ2v) is 7.65. The number of anilines is 1. The molecule has 4 heterocycles. The van der Waals surface area contributed by atoms with Gasteiger partial charge in [-0.1, -0.05) is 18.2 Å². The van der Waals surface area contributed by atoms with E-state index in [9.17, 15) is 4.79 Å². The molecule has 1 atom stereocenters. The number of aromatic nitrogens is 4. The van der Waals surface area contributed by atoms with Gasteiger partial charge in [0.25, 0.3) is 5.91 Å². The summed E-state index contributed by atoms with van der Waals surface area (Å²) in [6.07, 6.45) is 8.08. The molecule has 4 aromatic rings. The van der Waals surface area contributed by atoms with Crippen LogP contribution in [0.25, 0.3) is 17.0 Å². The Labute approximate surface area is 174 Å². The van der Waals surface area contributed by atoms with Crippen molar-refractivity contribution in [2.75, 3.05) is 11.9 Å². The summed E-state index contributed by atoms with van der Waals surface area (Å²) >= 11 is 0. The zero-order chi connectivity index (χ0) is 20.5. The lowest BCUT2D eigenvalue weighted by Crippen LogP contribution is -2.13. The Morgan fingerprint density at radius 3 is 3.03 bits per heavy atom. The lowest BCUT2D eigenvalue weighted by Gasteiger charge is -2.08. The van der Waals surface area contributed by atoms with Gasteiger partial charge in [0, 0.05) is 31.2 Å². The maximum atomic E-state index is 13.0. The molecule has 30 heavy (non-hydrogen) atoms. The lowest BCUT2D eigenvalue weighted by molar-refractivity contribution is 0.0970. The largest absolute Gasteiger partial charge is 0.376 e. The molecular formula is C23H23N5O2. The Balaban J connectivity index is 1.47. The van der Waals surface area contributed by atoms with E-state index in [1.807, 2.05) is 70.7 Å². The summed E-state index contributed by atoms with van der Waals surface area (Å²) in [4.78, 5) is 22.2. The van der Waals surface area contributed by atoms with E-state index in [4.69, 9.17) is 4.74 Å². The average molecular weight is 401 g/mol. The number of benzene rings is 1. The summed E-state index contributed by atoms with van der Waals surface area (Å²) in [5.74, 6) is 0.403. The van der Waals surface area contributed by atoms with Crippen LogP contribution in [0.3, 0.4) is 0 Å². The molecule has 1 aromatic carbocycles. The Kier molecular flexibility index (Phi) is 4.80. The van der Waals surface area contributed by atoms with Gasteiger partial charge in [0.2, 0.25) is 0 Å². The van der Waals surface area contributed by atoms with E-state index < -0.39 is 0 Å². The first-order chi connectivity index (χ1) is 14.7. The fourth-order valence-corrected chi connectivity index (χ4v) is 3.90. The quantitative estimate of drug-likeness (QED) is 0.550. The third-order valence-electron chi connectivity index (χ3n) is 5.34. The van der Waals surface area contributed by atoms with Gasteiger partial charge in [0.05, 0.1) is 17.9 Å². The number of amides is 1. The number of ether oxygens (including phenoxy) is 1. The molecule has 0 bridgehead atoms. The van der Waals surface area contributed by atoms with Crippen LogP contribution in [0.2, 0.25) is 0 Å². The van der Waals surface area contributed by atoms with Gasteiger partial charge in [-0.15, -0.1) is 0 Å². The minimum absolute atomic E-state index is 0.236. The van der Waals surface area contributed by atoms with Crippen LogP contribution in [0.1, 0.15) is 28.9 Å². The minimum atomic E-state index is -0.241. The van der Waals surface area contributed by atoms with E-state index in [-0.39, 0.29) is 12.0 Å². The highest BCUT2D eigenvalue weighted by Gasteiger charge is 2.21. The number of rotatable bonds is 5. The van der Waals surface area contributed by atoms with Crippen LogP contribution < -0.4 is 5.32 Å². The highest BCUT2D eigenvalue weighted by Crippen LogP contribution is 2.23. The van der Waals surface area contributed by atoms with Crippen molar-refractivity contribution in [3.05, 3.63) is 72.4 Å². The van der Waals surface area contributed by atoms with E-state index in [1.165, 1.54) is 0 Å². The number of hydrogen-bond acceptors (Lipinski definition) is 4. The fourth-order valence-electron chi connectivity index (χ4n) is 3.90. The number of nitrogens with zero attached hydrogens (tertiary/aromatic N) is 4. The summed E-state index contributed by atoms with van der Waals surface area (Å²) in [7, 11) is 0. The highest BCUT2D eigenvalue weighted by atomic mass is 16.5. The van der Waals surface area contributed by atoms with Crippen molar-refractivity contribution < 1.29 is 9.53 Å². The van der Waals surface area contributed by atoms with Gasteiger partial charge < -0.3 is 14.6 Å². The van der Waals surface area contributed by atoms with Crippen LogP contribution in [0.5, 0.6) is 0 Å². The molecule has 7 heteroatoms. The first-order valence-electron chi connectivity index (χ1n) is 10.2. The van der Waals surface area contributed by atoms with Crippen molar-refractivity contribution in [2.45, 2.75) is 32.4 Å². The molecule has 0 aliphatic carbocycles. The van der Waals surface area contributed by atoms with E-state index in [0.717, 1.165) is 48.5 Å². The van der Waals surface area contributed by atoms with Gasteiger partial charge in [-0.25, -0.2) is 9.97 Å². The van der Waals surface area contributed by atoms with Gasteiger partial charge in [-0.3, -0.25) is 9.20 Å². The molecule has 1 aliphatic heterocycles. The van der Waals surface area contributed by atoms with Crippen molar-refractivity contribution in [2.24, 2.45) is 0 Å². The number of hydrogen-bond donors (Lipinski definition) is 1. The third-order valence-corrected chi connectivity index (χ3v) is 5.34. The number of imidazole rings is 2. The first kappa shape index (κ1) is 18.6. The van der Waals surface area contributed by atoms with Gasteiger partial charge in [0.15, 0.2) is 11.5 Å². The number of pyridine rings is 1. The lowest BCUT2D eigenvalue weighted by atomic mass is 10.2. The zero-order valence-corrected chi connectivity index (χ0v) is 16.8. The highest BCUT2D eigenvalue weighted by molar-refractivity contribution is 6.08. The molecule has 5 rings (SSSR count). The van der Waals surface area contributed by atoms with Crippen LogP contribution in [0, 0.1) is 6.92 Å². The third kappa shape index (κ3) is 3.59. The average Bonchev–Trinajstić information content (AvgIpc) is 3.48. The van der Waals surface area contributed by atoms with Gasteiger partial charge in [-0.2, -0.15) is 0 Å². The molecule has 1 aliphatic rings. The van der Waals surface area contributed by atoms with Crippen LogP contribution in [0.15, 0.2) is 61.2 Å². The van der Waals surface area contributed by atoms with Gasteiger partial charge in [0.1, 0.15) is 5.69 Å². The monoisotopic (exact) mass is 401 g/mol. The number of carbonyl (C=O) groups is 1. The van der Waals surface area contributed by atoms with E-state index >= 15 is 0 Å². The van der Waals surface area contributed by atoms with E-state index in [1.54, 1.807) is 6.33 Å². The van der Waals surface area contributed by atoms with Crippen LogP contribution in [-0.2, 0) is 11.3 Å². The number of fused-ring (bicyclic) bond motifs is 1. The van der Waals surface area contributed by atoms with Crippen LogP contribution in [0.4, 0.5) is 5.69 Å². The molecule has 1 N–H and O–H groups in total. The summed E-state index contributed by atoms with van der Waals surface area (Å²) < 4.78 is 9.66.